The summed E-state index contributed by atoms with van der Waals surface area (Å²) in [6, 6.07) is 6.23. The van der Waals surface area contributed by atoms with Crippen molar-refractivity contribution in [3.8, 4) is 0 Å². The number of carbonyl (C=O) groups is 1. The Hall–Kier alpha value is -1.15. The van der Waals surface area contributed by atoms with Crippen LogP contribution >= 0.6 is 0 Å². The van der Waals surface area contributed by atoms with Crippen molar-refractivity contribution in [2.24, 2.45) is 11.1 Å². The van der Waals surface area contributed by atoms with Crippen molar-refractivity contribution in [3.63, 3.8) is 0 Å². The number of hydrogen-bond acceptors (Lipinski definition) is 2. The molecule has 1 saturated carbocycles. The van der Waals surface area contributed by atoms with Crippen LogP contribution in [0.1, 0.15) is 42.9 Å². The zero-order valence-corrected chi connectivity index (χ0v) is 11.6. The molecule has 2 atom stereocenters. The highest BCUT2D eigenvalue weighted by molar-refractivity contribution is 5.88. The minimum atomic E-state index is -0.311. The van der Waals surface area contributed by atoms with Crippen molar-refractivity contribution >= 4 is 5.78 Å². The smallest absolute Gasteiger partial charge is 0.144 e. The Morgan fingerprint density at radius 3 is 2.50 bits per heavy atom. The maximum absolute atomic E-state index is 12.6. The van der Waals surface area contributed by atoms with Crippen LogP contribution in [0.5, 0.6) is 0 Å². The second-order valence-corrected chi connectivity index (χ2v) is 5.89. The van der Waals surface area contributed by atoms with Gasteiger partial charge in [0.15, 0.2) is 0 Å². The highest BCUT2D eigenvalue weighted by atomic mass is 16.1. The van der Waals surface area contributed by atoms with Gasteiger partial charge in [0.2, 0.25) is 0 Å². The van der Waals surface area contributed by atoms with Gasteiger partial charge in [-0.2, -0.15) is 0 Å². The predicted molar refractivity (Wildman–Crippen MR) is 74.6 cm³/mol. The van der Waals surface area contributed by atoms with Crippen LogP contribution in [0.2, 0.25) is 0 Å². The lowest BCUT2D eigenvalue weighted by Gasteiger charge is -2.28. The van der Waals surface area contributed by atoms with Gasteiger partial charge in [-0.3, -0.25) is 4.79 Å². The topological polar surface area (TPSA) is 43.1 Å². The number of rotatable bonds is 3. The van der Waals surface area contributed by atoms with Crippen molar-refractivity contribution < 1.29 is 4.79 Å². The summed E-state index contributed by atoms with van der Waals surface area (Å²) >= 11 is 0. The Kier molecular flexibility index (Phi) is 3.58. The fraction of sp³-hybridized carbons (Fsp3) is 0.562. The minimum Gasteiger partial charge on any atom is -0.327 e. The van der Waals surface area contributed by atoms with Crippen LogP contribution in [-0.4, -0.2) is 11.8 Å². The Bertz CT molecular complexity index is 446. The zero-order valence-electron chi connectivity index (χ0n) is 11.6. The second-order valence-electron chi connectivity index (χ2n) is 5.89. The molecule has 1 aliphatic rings. The summed E-state index contributed by atoms with van der Waals surface area (Å²) in [5, 5.41) is 0. The number of nitrogens with two attached hydrogens (primary N) is 1. The van der Waals surface area contributed by atoms with E-state index in [2.05, 4.69) is 26.0 Å². The van der Waals surface area contributed by atoms with E-state index in [1.54, 1.807) is 0 Å². The quantitative estimate of drug-likeness (QED) is 0.889. The molecule has 98 valence electrons. The van der Waals surface area contributed by atoms with Gasteiger partial charge in [-0.25, -0.2) is 0 Å². The Morgan fingerprint density at radius 2 is 2.00 bits per heavy atom. The second kappa shape index (κ2) is 4.85. The minimum absolute atomic E-state index is 0.0364. The van der Waals surface area contributed by atoms with Gasteiger partial charge in [0.25, 0.3) is 0 Å². The first kappa shape index (κ1) is 13.3. The lowest BCUT2D eigenvalue weighted by atomic mass is 9.77. The van der Waals surface area contributed by atoms with Crippen LogP contribution in [0.15, 0.2) is 18.2 Å². The molecule has 0 heterocycles. The fourth-order valence-corrected chi connectivity index (χ4v) is 3.03. The molecule has 0 radical (unpaired) electrons. The molecule has 2 N–H and O–H groups in total. The number of ketones is 1. The summed E-state index contributed by atoms with van der Waals surface area (Å²) in [6.45, 7) is 6.19. The lowest BCUT2D eigenvalue weighted by Crippen LogP contribution is -2.42. The van der Waals surface area contributed by atoms with Crippen molar-refractivity contribution in [2.45, 2.75) is 52.5 Å². The summed E-state index contributed by atoms with van der Waals surface area (Å²) in [5.74, 6) is 0.310. The molecule has 18 heavy (non-hydrogen) atoms. The van der Waals surface area contributed by atoms with Gasteiger partial charge in [0.05, 0.1) is 0 Å². The summed E-state index contributed by atoms with van der Waals surface area (Å²) in [7, 11) is 0. The third-order valence-electron chi connectivity index (χ3n) is 4.65. The van der Waals surface area contributed by atoms with Crippen molar-refractivity contribution in [2.75, 3.05) is 0 Å². The number of benzene rings is 1. The van der Waals surface area contributed by atoms with Gasteiger partial charge in [-0.05, 0) is 43.4 Å². The number of aryl methyl sites for hydroxylation is 2. The average Bonchev–Trinajstić information content (AvgIpc) is 2.66. The zero-order chi connectivity index (χ0) is 13.3. The normalized spacial score (nSPS) is 27.4. The van der Waals surface area contributed by atoms with E-state index in [0.717, 1.165) is 19.3 Å². The maximum atomic E-state index is 12.6. The molecule has 1 aromatic carbocycles. The van der Waals surface area contributed by atoms with Gasteiger partial charge in [0.1, 0.15) is 5.78 Å². The summed E-state index contributed by atoms with van der Waals surface area (Å²) < 4.78 is 0. The van der Waals surface area contributed by atoms with E-state index in [4.69, 9.17) is 5.73 Å². The maximum Gasteiger partial charge on any atom is 0.144 e. The first-order valence-corrected chi connectivity index (χ1v) is 6.79. The number of Topliss-reactive ketones (excluding diaryl/α,β-unsaturated/α-hetero) is 1. The first-order chi connectivity index (χ1) is 8.45. The standard InChI is InChI=1S/C16H23NO/c1-11-6-4-7-12(2)13(11)10-15(18)16(3)9-5-8-14(16)17/h4,6-7,14H,5,8-10,17H2,1-3H3. The molecule has 1 aliphatic carbocycles. The van der Waals surface area contributed by atoms with Crippen molar-refractivity contribution in [1.82, 2.24) is 0 Å². The molecule has 0 amide bonds. The summed E-state index contributed by atoms with van der Waals surface area (Å²) in [4.78, 5) is 12.6. The Morgan fingerprint density at radius 1 is 1.39 bits per heavy atom. The predicted octanol–water partition coefficient (Wildman–Crippen LogP) is 2.93. The third-order valence-corrected chi connectivity index (χ3v) is 4.65. The summed E-state index contributed by atoms with van der Waals surface area (Å²) in [6.07, 6.45) is 3.53. The van der Waals surface area contributed by atoms with E-state index in [1.807, 2.05) is 13.0 Å². The van der Waals surface area contributed by atoms with E-state index in [-0.39, 0.29) is 11.5 Å². The van der Waals surface area contributed by atoms with Gasteiger partial charge in [-0.1, -0.05) is 31.5 Å². The molecule has 1 fully saturated rings. The molecular formula is C16H23NO. The van der Waals surface area contributed by atoms with Crippen molar-refractivity contribution in [1.29, 1.82) is 0 Å². The van der Waals surface area contributed by atoms with E-state index in [1.165, 1.54) is 16.7 Å². The number of carbonyl (C=O) groups excluding carboxylic acids is 1. The van der Waals surface area contributed by atoms with Crippen LogP contribution in [0.4, 0.5) is 0 Å². The van der Waals surface area contributed by atoms with E-state index >= 15 is 0 Å². The molecular weight excluding hydrogens is 222 g/mol. The third kappa shape index (κ3) is 2.22. The lowest BCUT2D eigenvalue weighted by molar-refractivity contribution is -0.127. The Labute approximate surface area is 110 Å². The first-order valence-electron chi connectivity index (χ1n) is 6.79. The molecule has 2 nitrogen and oxygen atoms in total. The van der Waals surface area contributed by atoms with Crippen molar-refractivity contribution in [3.05, 3.63) is 34.9 Å². The van der Waals surface area contributed by atoms with E-state index < -0.39 is 0 Å². The monoisotopic (exact) mass is 245 g/mol. The van der Waals surface area contributed by atoms with Crippen LogP contribution in [0, 0.1) is 19.3 Å². The van der Waals surface area contributed by atoms with Gasteiger partial charge in [0, 0.05) is 17.9 Å². The molecule has 2 rings (SSSR count). The molecule has 2 heteroatoms. The van der Waals surface area contributed by atoms with Crippen LogP contribution in [0.25, 0.3) is 0 Å². The van der Waals surface area contributed by atoms with Crippen LogP contribution in [0.3, 0.4) is 0 Å². The van der Waals surface area contributed by atoms with Gasteiger partial charge >= 0.3 is 0 Å². The van der Waals surface area contributed by atoms with Crippen LogP contribution < -0.4 is 5.73 Å². The number of hydrogen-bond donors (Lipinski definition) is 1. The fourth-order valence-electron chi connectivity index (χ4n) is 3.03. The van der Waals surface area contributed by atoms with Gasteiger partial charge in [-0.15, -0.1) is 0 Å². The molecule has 0 saturated heterocycles. The molecule has 0 aliphatic heterocycles. The molecule has 2 unspecified atom stereocenters. The van der Waals surface area contributed by atoms with Gasteiger partial charge < -0.3 is 5.73 Å². The largest absolute Gasteiger partial charge is 0.327 e. The Balaban J connectivity index is 2.22. The summed E-state index contributed by atoms with van der Waals surface area (Å²) in [5.41, 5.74) is 9.41. The highest BCUT2D eigenvalue weighted by Gasteiger charge is 2.42. The molecule has 1 aromatic rings. The molecule has 0 spiro atoms. The highest BCUT2D eigenvalue weighted by Crippen LogP contribution is 2.38. The van der Waals surface area contributed by atoms with E-state index in [9.17, 15) is 4.79 Å². The van der Waals surface area contributed by atoms with Crippen LogP contribution in [-0.2, 0) is 11.2 Å². The SMILES string of the molecule is Cc1cccc(C)c1CC(=O)C1(C)CCCC1N. The molecule has 0 aromatic heterocycles. The molecule has 0 bridgehead atoms. The average molecular weight is 245 g/mol. The van der Waals surface area contributed by atoms with E-state index in [0.29, 0.717) is 12.2 Å².